The molecule has 0 N–H and O–H groups in total. The minimum Gasteiger partial charge on any atom is -0.0745 e. The maximum absolute atomic E-state index is 2.34. The molecule has 2 aliphatic carbocycles. The zero-order chi connectivity index (χ0) is 11.1. The van der Waals surface area contributed by atoms with E-state index in [-0.39, 0.29) is 10.8 Å². The monoisotopic (exact) mass is 200 g/mol. The van der Waals surface area contributed by atoms with Crippen LogP contribution in [0, 0.1) is 10.8 Å². The van der Waals surface area contributed by atoms with Crippen molar-refractivity contribution in [2.75, 3.05) is 0 Å². The maximum Gasteiger partial charge on any atom is 0.00772 e. The SMILES string of the molecule is CC1=CC=CC1(C)CC1(C)C=CC=C1C. The third-order valence-electron chi connectivity index (χ3n) is 4.16. The van der Waals surface area contributed by atoms with Crippen molar-refractivity contribution in [3.8, 4) is 0 Å². The number of hydrogen-bond acceptors (Lipinski definition) is 0. The molecule has 0 aromatic heterocycles. The molecule has 2 aliphatic rings. The second-order valence-corrected chi connectivity index (χ2v) is 5.43. The van der Waals surface area contributed by atoms with Gasteiger partial charge >= 0.3 is 0 Å². The molecule has 0 nitrogen and oxygen atoms in total. The van der Waals surface area contributed by atoms with E-state index >= 15 is 0 Å². The van der Waals surface area contributed by atoms with Gasteiger partial charge in [-0.15, -0.1) is 0 Å². The first-order valence-corrected chi connectivity index (χ1v) is 5.70. The van der Waals surface area contributed by atoms with Gasteiger partial charge in [-0.05, 0) is 20.3 Å². The van der Waals surface area contributed by atoms with Gasteiger partial charge in [0.1, 0.15) is 0 Å². The smallest absolute Gasteiger partial charge is 0.00772 e. The summed E-state index contributed by atoms with van der Waals surface area (Å²) in [6, 6.07) is 0. The zero-order valence-corrected chi connectivity index (χ0v) is 10.2. The Bertz CT molecular complexity index is 354. The summed E-state index contributed by atoms with van der Waals surface area (Å²) in [7, 11) is 0. The molecular weight excluding hydrogens is 180 g/mol. The van der Waals surface area contributed by atoms with E-state index in [0.29, 0.717) is 0 Å². The van der Waals surface area contributed by atoms with E-state index in [1.807, 2.05) is 0 Å². The first-order chi connectivity index (χ1) is 6.96. The molecule has 0 aromatic carbocycles. The third kappa shape index (κ3) is 1.62. The van der Waals surface area contributed by atoms with E-state index in [4.69, 9.17) is 0 Å². The minimum atomic E-state index is 0.249. The van der Waals surface area contributed by atoms with Crippen LogP contribution in [0.25, 0.3) is 0 Å². The number of hydrogen-bond donors (Lipinski definition) is 0. The van der Waals surface area contributed by atoms with Crippen molar-refractivity contribution >= 4 is 0 Å². The number of rotatable bonds is 2. The van der Waals surface area contributed by atoms with Crippen LogP contribution >= 0.6 is 0 Å². The molecule has 0 heterocycles. The van der Waals surface area contributed by atoms with Gasteiger partial charge in [-0.3, -0.25) is 0 Å². The molecule has 0 bridgehead atoms. The van der Waals surface area contributed by atoms with Crippen LogP contribution in [0.4, 0.5) is 0 Å². The predicted molar refractivity (Wildman–Crippen MR) is 66.6 cm³/mol. The highest BCUT2D eigenvalue weighted by Gasteiger charge is 2.36. The van der Waals surface area contributed by atoms with Crippen molar-refractivity contribution in [1.82, 2.24) is 0 Å². The molecule has 80 valence electrons. The van der Waals surface area contributed by atoms with E-state index in [1.54, 1.807) is 0 Å². The van der Waals surface area contributed by atoms with Crippen LogP contribution in [-0.4, -0.2) is 0 Å². The maximum atomic E-state index is 2.34. The highest BCUT2D eigenvalue weighted by molar-refractivity contribution is 5.37. The van der Waals surface area contributed by atoms with Crippen molar-refractivity contribution < 1.29 is 0 Å². The highest BCUT2D eigenvalue weighted by Crippen LogP contribution is 2.48. The van der Waals surface area contributed by atoms with Crippen LogP contribution in [0.3, 0.4) is 0 Å². The molecule has 0 radical (unpaired) electrons. The van der Waals surface area contributed by atoms with Crippen molar-refractivity contribution in [1.29, 1.82) is 0 Å². The highest BCUT2D eigenvalue weighted by atomic mass is 14.4. The summed E-state index contributed by atoms with van der Waals surface area (Å²) in [6.45, 7) is 9.15. The second kappa shape index (κ2) is 3.23. The average Bonchev–Trinajstić information content (AvgIpc) is 2.61. The topological polar surface area (TPSA) is 0 Å². The lowest BCUT2D eigenvalue weighted by atomic mass is 9.69. The van der Waals surface area contributed by atoms with Gasteiger partial charge in [0.2, 0.25) is 0 Å². The minimum absolute atomic E-state index is 0.249. The Morgan fingerprint density at radius 2 is 1.27 bits per heavy atom. The van der Waals surface area contributed by atoms with Gasteiger partial charge < -0.3 is 0 Å². The molecule has 0 aliphatic heterocycles. The molecule has 2 rings (SSSR count). The van der Waals surface area contributed by atoms with Gasteiger partial charge in [-0.25, -0.2) is 0 Å². The predicted octanol–water partition coefficient (Wildman–Crippen LogP) is 4.42. The standard InChI is InChI=1S/C15H20/c1-12-7-5-9-14(12,3)11-15(4)10-6-8-13(15)2/h5-10H,11H2,1-4H3. The van der Waals surface area contributed by atoms with Gasteiger partial charge in [-0.1, -0.05) is 61.4 Å². The molecule has 0 amide bonds. The summed E-state index contributed by atoms with van der Waals surface area (Å²) in [5, 5.41) is 0. The van der Waals surface area contributed by atoms with Crippen molar-refractivity contribution in [3.63, 3.8) is 0 Å². The summed E-state index contributed by atoms with van der Waals surface area (Å²) in [5.41, 5.74) is 3.46. The second-order valence-electron chi connectivity index (χ2n) is 5.43. The quantitative estimate of drug-likeness (QED) is 0.619. The Morgan fingerprint density at radius 1 is 0.867 bits per heavy atom. The van der Waals surface area contributed by atoms with E-state index < -0.39 is 0 Å². The van der Waals surface area contributed by atoms with Crippen molar-refractivity contribution in [2.45, 2.75) is 34.1 Å². The molecular formula is C15H20. The summed E-state index contributed by atoms with van der Waals surface area (Å²) >= 11 is 0. The Hall–Kier alpha value is -1.04. The van der Waals surface area contributed by atoms with Crippen LogP contribution in [0.15, 0.2) is 47.6 Å². The van der Waals surface area contributed by atoms with Crippen molar-refractivity contribution in [3.05, 3.63) is 47.6 Å². The third-order valence-corrected chi connectivity index (χ3v) is 4.16. The van der Waals surface area contributed by atoms with Gasteiger partial charge in [0, 0.05) is 10.8 Å². The Morgan fingerprint density at radius 3 is 1.53 bits per heavy atom. The lowest BCUT2D eigenvalue weighted by Gasteiger charge is -2.35. The first-order valence-electron chi connectivity index (χ1n) is 5.70. The molecule has 0 fully saturated rings. The molecule has 2 atom stereocenters. The molecule has 0 saturated carbocycles. The summed E-state index contributed by atoms with van der Waals surface area (Å²) < 4.78 is 0. The van der Waals surface area contributed by atoms with Gasteiger partial charge in [0.15, 0.2) is 0 Å². The van der Waals surface area contributed by atoms with E-state index in [0.717, 1.165) is 0 Å². The van der Waals surface area contributed by atoms with Gasteiger partial charge in [0.05, 0.1) is 0 Å². The molecule has 0 spiro atoms. The zero-order valence-electron chi connectivity index (χ0n) is 10.2. The van der Waals surface area contributed by atoms with Crippen molar-refractivity contribution in [2.24, 2.45) is 10.8 Å². The molecule has 0 saturated heterocycles. The first kappa shape index (κ1) is 10.5. The fourth-order valence-electron chi connectivity index (χ4n) is 2.61. The lowest BCUT2D eigenvalue weighted by molar-refractivity contribution is 0.337. The van der Waals surface area contributed by atoms with Crippen LogP contribution in [0.2, 0.25) is 0 Å². The Labute approximate surface area is 93.1 Å². The fourth-order valence-corrected chi connectivity index (χ4v) is 2.61. The fraction of sp³-hybridized carbons (Fsp3) is 0.467. The van der Waals surface area contributed by atoms with Gasteiger partial charge in [0.25, 0.3) is 0 Å². The summed E-state index contributed by atoms with van der Waals surface area (Å²) in [4.78, 5) is 0. The average molecular weight is 200 g/mol. The van der Waals surface area contributed by atoms with Gasteiger partial charge in [-0.2, -0.15) is 0 Å². The van der Waals surface area contributed by atoms with E-state index in [1.165, 1.54) is 17.6 Å². The Kier molecular flexibility index (Phi) is 2.26. The Balaban J connectivity index is 2.23. The van der Waals surface area contributed by atoms with Crippen LogP contribution in [0.1, 0.15) is 34.1 Å². The van der Waals surface area contributed by atoms with Crippen LogP contribution < -0.4 is 0 Å². The summed E-state index contributed by atoms with van der Waals surface area (Å²) in [5.74, 6) is 0. The number of allylic oxidation sites excluding steroid dienone is 8. The molecule has 0 aromatic rings. The van der Waals surface area contributed by atoms with E-state index in [2.05, 4.69) is 64.2 Å². The largest absolute Gasteiger partial charge is 0.0745 e. The lowest BCUT2D eigenvalue weighted by Crippen LogP contribution is -2.24. The van der Waals surface area contributed by atoms with E-state index in [9.17, 15) is 0 Å². The van der Waals surface area contributed by atoms with Crippen LogP contribution in [0.5, 0.6) is 0 Å². The van der Waals surface area contributed by atoms with Crippen LogP contribution in [-0.2, 0) is 0 Å². The molecule has 2 unspecified atom stereocenters. The normalized spacial score (nSPS) is 38.4. The molecule has 0 heteroatoms. The molecule has 15 heavy (non-hydrogen) atoms. The summed E-state index contributed by atoms with van der Waals surface area (Å²) in [6.07, 6.45) is 14.7.